The fraction of sp³-hybridized carbons (Fsp3) is 0.462. The molecule has 0 atom stereocenters. The molecule has 0 saturated heterocycles. The van der Waals surface area contributed by atoms with Crippen molar-refractivity contribution in [3.8, 4) is 0 Å². The molecule has 0 unspecified atom stereocenters. The smallest absolute Gasteiger partial charge is 0.324 e. The second-order valence-corrected chi connectivity index (χ2v) is 7.19. The van der Waals surface area contributed by atoms with Gasteiger partial charge in [0.15, 0.2) is 0 Å². The number of aliphatic carboxylic acids is 1. The summed E-state index contributed by atoms with van der Waals surface area (Å²) in [5, 5.41) is 9.24. The highest BCUT2D eigenvalue weighted by atomic mass is 35.5. The van der Waals surface area contributed by atoms with Gasteiger partial charge < -0.3 is 5.11 Å². The first-order chi connectivity index (χ1) is 9.77. The Kier molecular flexibility index (Phi) is 4.55. The Morgan fingerprint density at radius 2 is 1.90 bits per heavy atom. The van der Waals surface area contributed by atoms with Crippen LogP contribution in [-0.2, 0) is 14.8 Å². The Balaban J connectivity index is 2.39. The lowest BCUT2D eigenvalue weighted by atomic mass is 9.83. The van der Waals surface area contributed by atoms with E-state index in [9.17, 15) is 22.7 Å². The summed E-state index contributed by atoms with van der Waals surface area (Å²) in [4.78, 5) is 11.1. The minimum absolute atomic E-state index is 0.153. The highest BCUT2D eigenvalue weighted by Gasteiger charge is 2.43. The van der Waals surface area contributed by atoms with E-state index in [1.54, 1.807) is 0 Å². The van der Waals surface area contributed by atoms with E-state index in [-0.39, 0.29) is 17.9 Å². The van der Waals surface area contributed by atoms with Gasteiger partial charge in [-0.05, 0) is 31.0 Å². The number of hydrogen-bond donors (Lipinski definition) is 2. The number of hydrogen-bond acceptors (Lipinski definition) is 3. The Morgan fingerprint density at radius 1 is 1.29 bits per heavy atom. The maximum atomic E-state index is 13.2. The van der Waals surface area contributed by atoms with E-state index in [0.717, 1.165) is 24.6 Å². The monoisotopic (exact) mass is 335 g/mol. The van der Waals surface area contributed by atoms with Gasteiger partial charge in [-0.25, -0.2) is 12.8 Å². The third-order valence-electron chi connectivity index (χ3n) is 3.63. The summed E-state index contributed by atoms with van der Waals surface area (Å²) in [5.41, 5.74) is -1.55. The van der Waals surface area contributed by atoms with E-state index in [0.29, 0.717) is 12.8 Å². The normalized spacial score (nSPS) is 18.4. The van der Waals surface area contributed by atoms with E-state index in [4.69, 9.17) is 11.6 Å². The summed E-state index contributed by atoms with van der Waals surface area (Å²) < 4.78 is 40.2. The largest absolute Gasteiger partial charge is 0.480 e. The maximum Gasteiger partial charge on any atom is 0.324 e. The summed E-state index contributed by atoms with van der Waals surface area (Å²) in [6.07, 6.45) is 2.50. The number of rotatable bonds is 4. The number of nitrogens with one attached hydrogen (secondary N) is 1. The number of sulfonamides is 1. The van der Waals surface area contributed by atoms with Crippen LogP contribution in [0.4, 0.5) is 4.39 Å². The van der Waals surface area contributed by atoms with Gasteiger partial charge in [0.1, 0.15) is 16.3 Å². The zero-order chi connectivity index (χ0) is 15.7. The van der Waals surface area contributed by atoms with Crippen LogP contribution in [0.25, 0.3) is 0 Å². The second-order valence-electron chi connectivity index (χ2n) is 5.13. The molecule has 0 spiro atoms. The predicted octanol–water partition coefficient (Wildman–Crippen LogP) is 2.54. The molecule has 0 bridgehead atoms. The molecular weight excluding hydrogens is 321 g/mol. The average Bonchev–Trinajstić information content (AvgIpc) is 2.42. The quantitative estimate of drug-likeness (QED) is 0.885. The molecule has 8 heteroatoms. The first-order valence-corrected chi connectivity index (χ1v) is 8.35. The van der Waals surface area contributed by atoms with E-state index in [2.05, 4.69) is 4.72 Å². The van der Waals surface area contributed by atoms with Gasteiger partial charge in [-0.15, -0.1) is 0 Å². The highest BCUT2D eigenvalue weighted by molar-refractivity contribution is 7.89. The third-order valence-corrected chi connectivity index (χ3v) is 5.65. The molecule has 1 aromatic carbocycles. The molecule has 2 rings (SSSR count). The van der Waals surface area contributed by atoms with Gasteiger partial charge in [-0.3, -0.25) is 4.79 Å². The Bertz CT molecular complexity index is 656. The lowest BCUT2D eigenvalue weighted by Gasteiger charge is -2.33. The van der Waals surface area contributed by atoms with Crippen molar-refractivity contribution in [3.05, 3.63) is 29.0 Å². The summed E-state index contributed by atoms with van der Waals surface area (Å²) in [6, 6.07) is 2.94. The van der Waals surface area contributed by atoms with Crippen molar-refractivity contribution >= 4 is 27.6 Å². The zero-order valence-electron chi connectivity index (χ0n) is 11.1. The fourth-order valence-corrected chi connectivity index (χ4v) is 4.44. The van der Waals surface area contributed by atoms with E-state index in [1.165, 1.54) is 0 Å². The molecule has 1 aliphatic rings. The SMILES string of the molecule is O=C(O)C1(NS(=O)(=O)c2cc(F)ccc2Cl)CCCCC1. The van der Waals surface area contributed by atoms with Crippen molar-refractivity contribution in [2.75, 3.05) is 0 Å². The molecule has 0 amide bonds. The van der Waals surface area contributed by atoms with Gasteiger partial charge in [-0.2, -0.15) is 4.72 Å². The van der Waals surface area contributed by atoms with Gasteiger partial charge in [0, 0.05) is 0 Å². The van der Waals surface area contributed by atoms with Crippen molar-refractivity contribution in [2.24, 2.45) is 0 Å². The van der Waals surface area contributed by atoms with Crippen LogP contribution in [0.5, 0.6) is 0 Å². The number of benzene rings is 1. The van der Waals surface area contributed by atoms with Crippen molar-refractivity contribution < 1.29 is 22.7 Å². The van der Waals surface area contributed by atoms with Crippen LogP contribution in [0.3, 0.4) is 0 Å². The molecule has 5 nitrogen and oxygen atoms in total. The van der Waals surface area contributed by atoms with Crippen LogP contribution in [0.2, 0.25) is 5.02 Å². The molecule has 0 aromatic heterocycles. The third kappa shape index (κ3) is 3.36. The van der Waals surface area contributed by atoms with Crippen LogP contribution in [0.1, 0.15) is 32.1 Å². The summed E-state index contributed by atoms with van der Waals surface area (Å²) in [5.74, 6) is -1.98. The zero-order valence-corrected chi connectivity index (χ0v) is 12.7. The maximum absolute atomic E-state index is 13.2. The summed E-state index contributed by atoms with van der Waals surface area (Å²) >= 11 is 5.79. The van der Waals surface area contributed by atoms with Crippen LogP contribution >= 0.6 is 11.6 Å². The summed E-state index contributed by atoms with van der Waals surface area (Å²) in [7, 11) is -4.22. The molecule has 0 aliphatic heterocycles. The molecule has 0 heterocycles. The lowest BCUT2D eigenvalue weighted by molar-refractivity contribution is -0.145. The standard InChI is InChI=1S/C13H15ClFNO4S/c14-10-5-4-9(15)8-11(10)21(19,20)16-13(12(17)18)6-2-1-3-7-13/h4-5,8,16H,1-3,6-7H2,(H,17,18). The Labute approximate surface area is 127 Å². The topological polar surface area (TPSA) is 83.5 Å². The second kappa shape index (κ2) is 5.90. The van der Waals surface area contributed by atoms with Crippen molar-refractivity contribution in [2.45, 2.75) is 42.5 Å². The fourth-order valence-electron chi connectivity index (χ4n) is 2.51. The van der Waals surface area contributed by atoms with E-state index < -0.39 is 32.2 Å². The minimum atomic E-state index is -4.22. The molecule has 21 heavy (non-hydrogen) atoms. The number of carbonyl (C=O) groups is 1. The van der Waals surface area contributed by atoms with Crippen LogP contribution in [0, 0.1) is 5.82 Å². The molecule has 1 aromatic rings. The van der Waals surface area contributed by atoms with Gasteiger partial charge in [-0.1, -0.05) is 30.9 Å². The minimum Gasteiger partial charge on any atom is -0.480 e. The van der Waals surface area contributed by atoms with Gasteiger partial charge >= 0.3 is 5.97 Å². The molecule has 2 N–H and O–H groups in total. The van der Waals surface area contributed by atoms with Crippen molar-refractivity contribution in [1.29, 1.82) is 0 Å². The van der Waals surface area contributed by atoms with Crippen molar-refractivity contribution in [1.82, 2.24) is 4.72 Å². The van der Waals surface area contributed by atoms with Gasteiger partial charge in [0.05, 0.1) is 5.02 Å². The van der Waals surface area contributed by atoms with Gasteiger partial charge in [0.25, 0.3) is 0 Å². The number of halogens is 2. The Morgan fingerprint density at radius 3 is 2.48 bits per heavy atom. The Hall–Kier alpha value is -1.18. The number of carboxylic acids is 1. The molecule has 1 saturated carbocycles. The predicted molar refractivity (Wildman–Crippen MR) is 75.2 cm³/mol. The van der Waals surface area contributed by atoms with Crippen LogP contribution < -0.4 is 4.72 Å². The van der Waals surface area contributed by atoms with Crippen molar-refractivity contribution in [3.63, 3.8) is 0 Å². The van der Waals surface area contributed by atoms with Crippen LogP contribution in [-0.4, -0.2) is 25.0 Å². The lowest BCUT2D eigenvalue weighted by Crippen LogP contribution is -2.55. The van der Waals surface area contributed by atoms with E-state index in [1.807, 2.05) is 0 Å². The van der Waals surface area contributed by atoms with Gasteiger partial charge in [0.2, 0.25) is 10.0 Å². The van der Waals surface area contributed by atoms with Crippen LogP contribution in [0.15, 0.2) is 23.1 Å². The highest BCUT2D eigenvalue weighted by Crippen LogP contribution is 2.31. The molecule has 1 aliphatic carbocycles. The number of carboxylic acid groups (broad SMARTS) is 1. The molecule has 116 valence electrons. The van der Waals surface area contributed by atoms with E-state index >= 15 is 0 Å². The average molecular weight is 336 g/mol. The first-order valence-electron chi connectivity index (χ1n) is 6.49. The molecular formula is C13H15ClFNO4S. The molecule has 1 fully saturated rings. The summed E-state index contributed by atoms with van der Waals surface area (Å²) in [6.45, 7) is 0. The first kappa shape index (κ1) is 16.2. The molecule has 0 radical (unpaired) electrons.